The van der Waals surface area contributed by atoms with Crippen LogP contribution in [0.2, 0.25) is 0 Å². The van der Waals surface area contributed by atoms with Crippen molar-refractivity contribution >= 4 is 0 Å². The van der Waals surface area contributed by atoms with Gasteiger partial charge in [0.05, 0.1) is 12.6 Å². The summed E-state index contributed by atoms with van der Waals surface area (Å²) < 4.78 is 39.7. The molecule has 21 heavy (non-hydrogen) atoms. The second-order valence-corrected chi connectivity index (χ2v) is 4.76. The van der Waals surface area contributed by atoms with Crippen LogP contribution in [-0.4, -0.2) is 33.1 Å². The highest BCUT2D eigenvalue weighted by Crippen LogP contribution is 2.19. The average Bonchev–Trinajstić information content (AvgIpc) is 2.87. The van der Waals surface area contributed by atoms with Gasteiger partial charge in [0.2, 0.25) is 0 Å². The SMILES string of the molecule is CN(Cc1nccn1C(F)F)CC(O)c1ccccc1F. The Hall–Kier alpha value is -1.86. The molecule has 0 saturated carbocycles. The molecule has 0 radical (unpaired) electrons. The molecule has 0 spiro atoms. The molecular weight excluding hydrogens is 283 g/mol. The number of imidazole rings is 1. The van der Waals surface area contributed by atoms with Crippen molar-refractivity contribution in [2.45, 2.75) is 19.2 Å². The van der Waals surface area contributed by atoms with E-state index in [0.717, 1.165) is 4.57 Å². The highest BCUT2D eigenvalue weighted by molar-refractivity contribution is 5.20. The Morgan fingerprint density at radius 2 is 2.05 bits per heavy atom. The van der Waals surface area contributed by atoms with Gasteiger partial charge in [-0.3, -0.25) is 9.47 Å². The molecule has 0 aliphatic carbocycles. The molecule has 1 unspecified atom stereocenters. The first-order valence-corrected chi connectivity index (χ1v) is 6.40. The van der Waals surface area contributed by atoms with Crippen molar-refractivity contribution in [3.05, 3.63) is 53.9 Å². The van der Waals surface area contributed by atoms with E-state index in [1.165, 1.54) is 30.6 Å². The first kappa shape index (κ1) is 15.5. The van der Waals surface area contributed by atoms with Crippen LogP contribution in [0.4, 0.5) is 13.2 Å². The molecule has 1 N–H and O–H groups in total. The van der Waals surface area contributed by atoms with E-state index in [1.807, 2.05) is 0 Å². The molecule has 4 nitrogen and oxygen atoms in total. The van der Waals surface area contributed by atoms with Crippen LogP contribution in [-0.2, 0) is 6.54 Å². The van der Waals surface area contributed by atoms with Gasteiger partial charge < -0.3 is 5.11 Å². The van der Waals surface area contributed by atoms with Crippen LogP contribution in [0.1, 0.15) is 24.0 Å². The number of likely N-dealkylation sites (N-methyl/N-ethyl adjacent to an activating group) is 1. The van der Waals surface area contributed by atoms with Crippen LogP contribution >= 0.6 is 0 Å². The largest absolute Gasteiger partial charge is 0.387 e. The fourth-order valence-corrected chi connectivity index (χ4v) is 2.09. The molecule has 0 amide bonds. The maximum Gasteiger partial charge on any atom is 0.319 e. The number of nitrogens with zero attached hydrogens (tertiary/aromatic N) is 3. The summed E-state index contributed by atoms with van der Waals surface area (Å²) in [6.45, 7) is -2.42. The summed E-state index contributed by atoms with van der Waals surface area (Å²) in [4.78, 5) is 5.47. The lowest BCUT2D eigenvalue weighted by Crippen LogP contribution is -2.26. The smallest absolute Gasteiger partial charge is 0.319 e. The molecule has 0 aliphatic heterocycles. The van der Waals surface area contributed by atoms with Crippen LogP contribution in [0.3, 0.4) is 0 Å². The van der Waals surface area contributed by atoms with Gasteiger partial charge >= 0.3 is 6.55 Å². The third-order valence-corrected chi connectivity index (χ3v) is 3.12. The molecule has 0 fully saturated rings. The maximum absolute atomic E-state index is 13.5. The Balaban J connectivity index is 2.00. The van der Waals surface area contributed by atoms with E-state index < -0.39 is 18.5 Å². The molecule has 2 rings (SSSR count). The number of aliphatic hydroxyl groups excluding tert-OH is 1. The first-order chi connectivity index (χ1) is 9.99. The van der Waals surface area contributed by atoms with E-state index in [-0.39, 0.29) is 24.5 Å². The molecule has 0 aliphatic rings. The topological polar surface area (TPSA) is 41.3 Å². The lowest BCUT2D eigenvalue weighted by atomic mass is 10.1. The number of aromatic nitrogens is 2. The molecule has 2 aromatic rings. The van der Waals surface area contributed by atoms with Crippen LogP contribution < -0.4 is 0 Å². The number of rotatable bonds is 6. The third kappa shape index (κ3) is 3.83. The fourth-order valence-electron chi connectivity index (χ4n) is 2.09. The molecule has 1 aromatic carbocycles. The summed E-state index contributed by atoms with van der Waals surface area (Å²) in [7, 11) is 1.65. The van der Waals surface area contributed by atoms with E-state index >= 15 is 0 Å². The van der Waals surface area contributed by atoms with Gasteiger partial charge in [0.15, 0.2) is 0 Å². The van der Waals surface area contributed by atoms with Crippen molar-refractivity contribution < 1.29 is 18.3 Å². The van der Waals surface area contributed by atoms with Crippen molar-refractivity contribution in [1.29, 1.82) is 0 Å². The number of alkyl halides is 2. The average molecular weight is 299 g/mol. The molecule has 0 saturated heterocycles. The van der Waals surface area contributed by atoms with Crippen molar-refractivity contribution in [2.75, 3.05) is 13.6 Å². The highest BCUT2D eigenvalue weighted by Gasteiger charge is 2.17. The molecule has 1 heterocycles. The zero-order valence-corrected chi connectivity index (χ0v) is 11.5. The third-order valence-electron chi connectivity index (χ3n) is 3.12. The van der Waals surface area contributed by atoms with Gasteiger partial charge in [-0.05, 0) is 13.1 Å². The molecular formula is C14H16F3N3O. The number of hydrogen-bond donors (Lipinski definition) is 1. The summed E-state index contributed by atoms with van der Waals surface area (Å²) in [5.41, 5.74) is 0.182. The predicted molar refractivity (Wildman–Crippen MR) is 71.2 cm³/mol. The highest BCUT2D eigenvalue weighted by atomic mass is 19.3. The van der Waals surface area contributed by atoms with Gasteiger partial charge in [-0.1, -0.05) is 18.2 Å². The monoisotopic (exact) mass is 299 g/mol. The summed E-state index contributed by atoms with van der Waals surface area (Å²) in [5, 5.41) is 10.0. The second-order valence-electron chi connectivity index (χ2n) is 4.76. The summed E-state index contributed by atoms with van der Waals surface area (Å²) in [5.74, 6) is -0.305. The molecule has 7 heteroatoms. The Kier molecular flexibility index (Phi) is 4.98. The van der Waals surface area contributed by atoms with Crippen molar-refractivity contribution in [3.8, 4) is 0 Å². The maximum atomic E-state index is 13.5. The van der Waals surface area contributed by atoms with Crippen molar-refractivity contribution in [2.24, 2.45) is 0 Å². The summed E-state index contributed by atoms with van der Waals surface area (Å²) in [6.07, 6.45) is 1.45. The normalized spacial score (nSPS) is 13.1. The zero-order chi connectivity index (χ0) is 15.4. The molecule has 0 bridgehead atoms. The van der Waals surface area contributed by atoms with Gasteiger partial charge in [-0.25, -0.2) is 9.37 Å². The van der Waals surface area contributed by atoms with E-state index in [1.54, 1.807) is 18.0 Å². The second kappa shape index (κ2) is 6.73. The Bertz CT molecular complexity index is 588. The Labute approximate surface area is 120 Å². The number of hydrogen-bond acceptors (Lipinski definition) is 3. The van der Waals surface area contributed by atoms with Crippen LogP contribution in [0, 0.1) is 5.82 Å². The summed E-state index contributed by atoms with van der Waals surface area (Å²) >= 11 is 0. The van der Waals surface area contributed by atoms with Crippen molar-refractivity contribution in [3.63, 3.8) is 0 Å². The number of aliphatic hydroxyl groups is 1. The number of benzene rings is 1. The molecule has 114 valence electrons. The lowest BCUT2D eigenvalue weighted by Gasteiger charge is -2.21. The van der Waals surface area contributed by atoms with Gasteiger partial charge in [0.25, 0.3) is 0 Å². The van der Waals surface area contributed by atoms with Gasteiger partial charge in [-0.15, -0.1) is 0 Å². The summed E-state index contributed by atoms with van der Waals surface area (Å²) in [6, 6.07) is 5.93. The van der Waals surface area contributed by atoms with Crippen LogP contribution in [0.15, 0.2) is 36.7 Å². The fraction of sp³-hybridized carbons (Fsp3) is 0.357. The molecule has 1 atom stereocenters. The van der Waals surface area contributed by atoms with E-state index in [2.05, 4.69) is 4.98 Å². The quantitative estimate of drug-likeness (QED) is 0.891. The minimum atomic E-state index is -2.66. The number of halogens is 3. The zero-order valence-electron chi connectivity index (χ0n) is 11.5. The molecule has 1 aromatic heterocycles. The van der Waals surface area contributed by atoms with Crippen molar-refractivity contribution in [1.82, 2.24) is 14.5 Å². The lowest BCUT2D eigenvalue weighted by molar-refractivity contribution is 0.0623. The van der Waals surface area contributed by atoms with E-state index in [9.17, 15) is 18.3 Å². The van der Waals surface area contributed by atoms with Gasteiger partial charge in [-0.2, -0.15) is 8.78 Å². The standard InChI is InChI=1S/C14H16F3N3O/c1-19(9-13-18-6-7-20(13)14(16)17)8-12(21)10-4-2-3-5-11(10)15/h2-7,12,14,21H,8-9H2,1H3. The van der Waals surface area contributed by atoms with E-state index in [4.69, 9.17) is 0 Å². The minimum absolute atomic E-state index is 0.108. The van der Waals surface area contributed by atoms with E-state index in [0.29, 0.717) is 0 Å². The van der Waals surface area contributed by atoms with Gasteiger partial charge in [0, 0.05) is 24.5 Å². The minimum Gasteiger partial charge on any atom is -0.387 e. The Morgan fingerprint density at radius 3 is 2.71 bits per heavy atom. The van der Waals surface area contributed by atoms with Crippen LogP contribution in [0.5, 0.6) is 0 Å². The first-order valence-electron chi connectivity index (χ1n) is 6.40. The Morgan fingerprint density at radius 1 is 1.33 bits per heavy atom. The van der Waals surface area contributed by atoms with Gasteiger partial charge in [0.1, 0.15) is 11.6 Å². The van der Waals surface area contributed by atoms with Crippen LogP contribution in [0.25, 0.3) is 0 Å². The predicted octanol–water partition coefficient (Wildman–Crippen LogP) is 2.58.